The van der Waals surface area contributed by atoms with E-state index in [2.05, 4.69) is 22.9 Å². The predicted octanol–water partition coefficient (Wildman–Crippen LogP) is 3.47. The largest absolute Gasteiger partial charge is 0.478 e. The van der Waals surface area contributed by atoms with Gasteiger partial charge in [-0.1, -0.05) is 30.3 Å². The summed E-state index contributed by atoms with van der Waals surface area (Å²) in [5.41, 5.74) is 3.91. The van der Waals surface area contributed by atoms with E-state index in [1.165, 1.54) is 16.5 Å². The van der Waals surface area contributed by atoms with Gasteiger partial charge in [0, 0.05) is 24.1 Å². The second kappa shape index (κ2) is 4.85. The Hall–Kier alpha value is -2.55. The predicted molar refractivity (Wildman–Crippen MR) is 79.1 cm³/mol. The van der Waals surface area contributed by atoms with Crippen LogP contribution in [0.3, 0.4) is 0 Å². The molecule has 1 aromatic heterocycles. The summed E-state index contributed by atoms with van der Waals surface area (Å²) in [4.78, 5) is 10.8. The van der Waals surface area contributed by atoms with E-state index < -0.39 is 5.97 Å². The van der Waals surface area contributed by atoms with Gasteiger partial charge in [0.1, 0.15) is 0 Å². The van der Waals surface area contributed by atoms with E-state index in [1.54, 1.807) is 12.1 Å². The Balaban J connectivity index is 1.95. The fourth-order valence-corrected chi connectivity index (χ4v) is 2.55. The van der Waals surface area contributed by atoms with Crippen LogP contribution in [0.4, 0.5) is 0 Å². The molecule has 0 bridgehead atoms. The molecular formula is C17H15NO2. The molecular weight excluding hydrogens is 250 g/mol. The molecule has 0 aliphatic heterocycles. The second-order valence-corrected chi connectivity index (χ2v) is 4.96. The van der Waals surface area contributed by atoms with Gasteiger partial charge in [0.15, 0.2) is 0 Å². The highest BCUT2D eigenvalue weighted by Gasteiger charge is 2.07. The Bertz CT molecular complexity index is 769. The maximum absolute atomic E-state index is 10.8. The molecule has 0 atom stereocenters. The molecule has 0 spiro atoms. The maximum atomic E-state index is 10.8. The van der Waals surface area contributed by atoms with Crippen molar-refractivity contribution in [1.82, 2.24) is 4.57 Å². The molecule has 0 aliphatic carbocycles. The second-order valence-electron chi connectivity index (χ2n) is 4.96. The lowest BCUT2D eigenvalue weighted by Gasteiger charge is -2.01. The summed E-state index contributed by atoms with van der Waals surface area (Å²) in [5.74, 6) is -0.887. The third-order valence-corrected chi connectivity index (χ3v) is 3.57. The lowest BCUT2D eigenvalue weighted by molar-refractivity contribution is 0.0697. The number of carboxylic acid groups (broad SMARTS) is 1. The molecule has 0 saturated heterocycles. The topological polar surface area (TPSA) is 42.2 Å². The maximum Gasteiger partial charge on any atom is 0.335 e. The highest BCUT2D eigenvalue weighted by Crippen LogP contribution is 2.23. The molecule has 3 rings (SSSR count). The van der Waals surface area contributed by atoms with Gasteiger partial charge in [0.2, 0.25) is 0 Å². The Morgan fingerprint density at radius 1 is 1.10 bits per heavy atom. The Morgan fingerprint density at radius 3 is 2.50 bits per heavy atom. The zero-order valence-electron chi connectivity index (χ0n) is 11.2. The molecule has 0 fully saturated rings. The molecule has 3 heteroatoms. The van der Waals surface area contributed by atoms with E-state index in [9.17, 15) is 4.79 Å². The standard InChI is InChI=1S/C17H15NO2/c1-18-11-14(15-4-2-3-5-16(15)18)10-12-6-8-13(9-7-12)17(19)20/h2-9,11H,10H2,1H3,(H,19,20). The molecule has 0 amide bonds. The third-order valence-electron chi connectivity index (χ3n) is 3.57. The van der Waals surface area contributed by atoms with Crippen LogP contribution in [0.2, 0.25) is 0 Å². The minimum Gasteiger partial charge on any atom is -0.478 e. The van der Waals surface area contributed by atoms with Crippen molar-refractivity contribution in [3.05, 3.63) is 71.4 Å². The van der Waals surface area contributed by atoms with Crippen LogP contribution in [0.1, 0.15) is 21.5 Å². The number of aromatic carboxylic acids is 1. The van der Waals surface area contributed by atoms with E-state index in [0.717, 1.165) is 12.0 Å². The lowest BCUT2D eigenvalue weighted by Crippen LogP contribution is -1.96. The average molecular weight is 265 g/mol. The number of nitrogens with zero attached hydrogens (tertiary/aromatic N) is 1. The van der Waals surface area contributed by atoms with E-state index in [0.29, 0.717) is 5.56 Å². The van der Waals surface area contributed by atoms with E-state index in [-0.39, 0.29) is 0 Å². The van der Waals surface area contributed by atoms with Crippen LogP contribution < -0.4 is 0 Å². The fourth-order valence-electron chi connectivity index (χ4n) is 2.55. The van der Waals surface area contributed by atoms with Crippen molar-refractivity contribution in [2.24, 2.45) is 7.05 Å². The zero-order chi connectivity index (χ0) is 14.1. The molecule has 20 heavy (non-hydrogen) atoms. The minimum absolute atomic E-state index is 0.326. The first-order valence-corrected chi connectivity index (χ1v) is 6.50. The molecule has 0 aliphatic rings. The highest BCUT2D eigenvalue weighted by molar-refractivity contribution is 5.87. The third kappa shape index (κ3) is 2.18. The van der Waals surface area contributed by atoms with Crippen LogP contribution in [-0.2, 0) is 13.5 Å². The number of carbonyl (C=O) groups is 1. The van der Waals surface area contributed by atoms with E-state index >= 15 is 0 Å². The van der Waals surface area contributed by atoms with Crippen molar-refractivity contribution in [3.8, 4) is 0 Å². The van der Waals surface area contributed by atoms with Crippen molar-refractivity contribution in [1.29, 1.82) is 0 Å². The first-order chi connectivity index (χ1) is 9.65. The van der Waals surface area contributed by atoms with Gasteiger partial charge in [-0.05, 0) is 35.7 Å². The van der Waals surface area contributed by atoms with Gasteiger partial charge in [0.05, 0.1) is 5.56 Å². The molecule has 1 heterocycles. The molecule has 3 nitrogen and oxygen atoms in total. The molecule has 2 aromatic carbocycles. The summed E-state index contributed by atoms with van der Waals surface area (Å²) in [6.07, 6.45) is 2.94. The summed E-state index contributed by atoms with van der Waals surface area (Å²) in [5, 5.41) is 10.2. The van der Waals surface area contributed by atoms with Crippen molar-refractivity contribution in [3.63, 3.8) is 0 Å². The van der Waals surface area contributed by atoms with Gasteiger partial charge in [0.25, 0.3) is 0 Å². The normalized spacial score (nSPS) is 10.8. The number of para-hydroxylation sites is 1. The first kappa shape index (κ1) is 12.5. The van der Waals surface area contributed by atoms with Crippen LogP contribution in [0, 0.1) is 0 Å². The van der Waals surface area contributed by atoms with Crippen LogP contribution in [0.5, 0.6) is 0 Å². The number of rotatable bonds is 3. The molecule has 3 aromatic rings. The van der Waals surface area contributed by atoms with Crippen molar-refractivity contribution >= 4 is 16.9 Å². The summed E-state index contributed by atoms with van der Waals surface area (Å²) in [6.45, 7) is 0. The van der Waals surface area contributed by atoms with Crippen molar-refractivity contribution in [2.45, 2.75) is 6.42 Å². The Labute approximate surface area is 117 Å². The molecule has 0 unspecified atom stereocenters. The number of hydrogen-bond acceptors (Lipinski definition) is 1. The quantitative estimate of drug-likeness (QED) is 0.788. The smallest absolute Gasteiger partial charge is 0.335 e. The van der Waals surface area contributed by atoms with Crippen LogP contribution >= 0.6 is 0 Å². The lowest BCUT2D eigenvalue weighted by atomic mass is 10.0. The Kier molecular flexibility index (Phi) is 3.03. The van der Waals surface area contributed by atoms with Crippen molar-refractivity contribution < 1.29 is 9.90 Å². The SMILES string of the molecule is Cn1cc(Cc2ccc(C(=O)O)cc2)c2ccccc21. The van der Waals surface area contributed by atoms with Gasteiger partial charge < -0.3 is 9.67 Å². The summed E-state index contributed by atoms with van der Waals surface area (Å²) in [6, 6.07) is 15.4. The minimum atomic E-state index is -0.887. The molecule has 100 valence electrons. The summed E-state index contributed by atoms with van der Waals surface area (Å²) < 4.78 is 2.12. The fraction of sp³-hybridized carbons (Fsp3) is 0.118. The monoisotopic (exact) mass is 265 g/mol. The number of aryl methyl sites for hydroxylation is 1. The van der Waals surface area contributed by atoms with Gasteiger partial charge >= 0.3 is 5.97 Å². The molecule has 0 radical (unpaired) electrons. The molecule has 0 saturated carbocycles. The first-order valence-electron chi connectivity index (χ1n) is 6.50. The van der Waals surface area contributed by atoms with Gasteiger partial charge in [-0.3, -0.25) is 0 Å². The number of carboxylic acids is 1. The highest BCUT2D eigenvalue weighted by atomic mass is 16.4. The Morgan fingerprint density at radius 2 is 1.80 bits per heavy atom. The van der Waals surface area contributed by atoms with Gasteiger partial charge in [-0.15, -0.1) is 0 Å². The summed E-state index contributed by atoms with van der Waals surface area (Å²) in [7, 11) is 2.04. The van der Waals surface area contributed by atoms with E-state index in [1.807, 2.05) is 31.3 Å². The number of hydrogen-bond donors (Lipinski definition) is 1. The zero-order valence-corrected chi connectivity index (χ0v) is 11.2. The van der Waals surface area contributed by atoms with E-state index in [4.69, 9.17) is 5.11 Å². The van der Waals surface area contributed by atoms with Crippen LogP contribution in [0.15, 0.2) is 54.7 Å². The number of fused-ring (bicyclic) bond motifs is 1. The molecule has 1 N–H and O–H groups in total. The van der Waals surface area contributed by atoms with Crippen LogP contribution in [0.25, 0.3) is 10.9 Å². The number of benzene rings is 2. The number of aromatic nitrogens is 1. The summed E-state index contributed by atoms with van der Waals surface area (Å²) >= 11 is 0. The van der Waals surface area contributed by atoms with Crippen molar-refractivity contribution in [2.75, 3.05) is 0 Å². The van der Waals surface area contributed by atoms with Gasteiger partial charge in [-0.2, -0.15) is 0 Å². The van der Waals surface area contributed by atoms with Gasteiger partial charge in [-0.25, -0.2) is 4.79 Å². The van der Waals surface area contributed by atoms with Crippen LogP contribution in [-0.4, -0.2) is 15.6 Å². The average Bonchev–Trinajstić information content (AvgIpc) is 2.77.